The van der Waals surface area contributed by atoms with Crippen molar-refractivity contribution in [3.8, 4) is 16.9 Å². The lowest BCUT2D eigenvalue weighted by Gasteiger charge is -2.31. The van der Waals surface area contributed by atoms with Gasteiger partial charge >= 0.3 is 0 Å². The van der Waals surface area contributed by atoms with Crippen LogP contribution in [0.3, 0.4) is 0 Å². The van der Waals surface area contributed by atoms with Gasteiger partial charge in [-0.1, -0.05) is 66.7 Å². The third-order valence-corrected chi connectivity index (χ3v) is 4.98. The number of fused-ring (bicyclic) bond motifs is 1. The average molecular weight is 366 g/mol. The molecule has 0 fully saturated rings. The molecule has 0 aromatic heterocycles. The van der Waals surface area contributed by atoms with E-state index in [9.17, 15) is 0 Å². The van der Waals surface area contributed by atoms with Crippen LogP contribution in [0.15, 0.2) is 72.8 Å². The van der Waals surface area contributed by atoms with Crippen molar-refractivity contribution in [2.45, 2.75) is 19.5 Å². The number of hydrogen-bond acceptors (Lipinski definition) is 2. The molecular formula is C23H24ClNO. The highest BCUT2D eigenvalue weighted by Crippen LogP contribution is 2.38. The van der Waals surface area contributed by atoms with Crippen LogP contribution in [0.1, 0.15) is 16.7 Å². The second-order valence-corrected chi connectivity index (χ2v) is 6.59. The van der Waals surface area contributed by atoms with Crippen LogP contribution < -0.4 is 4.74 Å². The number of rotatable bonds is 4. The first-order valence-electron chi connectivity index (χ1n) is 8.85. The summed E-state index contributed by atoms with van der Waals surface area (Å²) in [5, 5.41) is 0. The van der Waals surface area contributed by atoms with Gasteiger partial charge in [0.25, 0.3) is 0 Å². The second kappa shape index (κ2) is 8.39. The fourth-order valence-electron chi connectivity index (χ4n) is 3.73. The van der Waals surface area contributed by atoms with Crippen LogP contribution in [-0.2, 0) is 19.5 Å². The Balaban J connectivity index is 0.00000196. The van der Waals surface area contributed by atoms with E-state index in [1.54, 1.807) is 7.11 Å². The Hall–Kier alpha value is -2.29. The van der Waals surface area contributed by atoms with Gasteiger partial charge in [-0.2, -0.15) is 0 Å². The zero-order chi connectivity index (χ0) is 17.1. The number of nitrogens with zero attached hydrogens (tertiary/aromatic N) is 1. The maximum absolute atomic E-state index is 5.70. The molecule has 134 valence electrons. The Kier molecular flexibility index (Phi) is 5.97. The molecule has 0 bridgehead atoms. The first kappa shape index (κ1) is 18.5. The van der Waals surface area contributed by atoms with Gasteiger partial charge in [0, 0.05) is 25.2 Å². The zero-order valence-corrected chi connectivity index (χ0v) is 15.8. The average Bonchev–Trinajstić information content (AvgIpc) is 2.68. The number of benzene rings is 3. The third kappa shape index (κ3) is 3.77. The van der Waals surface area contributed by atoms with Crippen LogP contribution in [0, 0.1) is 0 Å². The fraction of sp³-hybridized carbons (Fsp3) is 0.217. The molecule has 0 saturated carbocycles. The van der Waals surface area contributed by atoms with Crippen molar-refractivity contribution >= 4 is 12.4 Å². The molecule has 1 aliphatic heterocycles. The fourth-order valence-corrected chi connectivity index (χ4v) is 3.73. The van der Waals surface area contributed by atoms with Crippen LogP contribution in [0.4, 0.5) is 0 Å². The lowest BCUT2D eigenvalue weighted by molar-refractivity contribution is 0.245. The van der Waals surface area contributed by atoms with Crippen molar-refractivity contribution in [1.82, 2.24) is 4.90 Å². The Bertz CT molecular complexity index is 849. The van der Waals surface area contributed by atoms with Crippen LogP contribution in [0.5, 0.6) is 5.75 Å². The van der Waals surface area contributed by atoms with Crippen LogP contribution in [-0.4, -0.2) is 18.6 Å². The minimum Gasteiger partial charge on any atom is -0.496 e. The van der Waals surface area contributed by atoms with Crippen molar-refractivity contribution in [3.63, 3.8) is 0 Å². The third-order valence-electron chi connectivity index (χ3n) is 4.98. The Morgan fingerprint density at radius 2 is 1.58 bits per heavy atom. The largest absolute Gasteiger partial charge is 0.496 e. The highest BCUT2D eigenvalue weighted by atomic mass is 35.5. The molecule has 0 atom stereocenters. The molecule has 3 aromatic rings. The molecule has 0 N–H and O–H groups in total. The molecule has 0 radical (unpaired) electrons. The molecule has 3 heteroatoms. The predicted molar refractivity (Wildman–Crippen MR) is 110 cm³/mol. The number of halogens is 1. The number of methoxy groups -OCH3 is 1. The van der Waals surface area contributed by atoms with Crippen LogP contribution in [0.2, 0.25) is 0 Å². The van der Waals surface area contributed by atoms with Crippen molar-refractivity contribution in [2.75, 3.05) is 13.7 Å². The van der Waals surface area contributed by atoms with E-state index in [-0.39, 0.29) is 12.4 Å². The van der Waals surface area contributed by atoms with E-state index in [0.29, 0.717) is 0 Å². The smallest absolute Gasteiger partial charge is 0.127 e. The summed E-state index contributed by atoms with van der Waals surface area (Å²) < 4.78 is 5.70. The molecule has 0 unspecified atom stereocenters. The molecule has 3 aromatic carbocycles. The monoisotopic (exact) mass is 365 g/mol. The summed E-state index contributed by atoms with van der Waals surface area (Å²) in [5.74, 6) is 0.964. The van der Waals surface area contributed by atoms with Gasteiger partial charge in [-0.3, -0.25) is 4.90 Å². The van der Waals surface area contributed by atoms with E-state index in [2.05, 4.69) is 77.7 Å². The van der Waals surface area contributed by atoms with E-state index in [1.807, 2.05) is 0 Å². The Morgan fingerprint density at radius 1 is 0.885 bits per heavy atom. The minimum atomic E-state index is 0. The summed E-state index contributed by atoms with van der Waals surface area (Å²) in [6, 6.07) is 25.7. The van der Waals surface area contributed by atoms with Gasteiger partial charge in [0.05, 0.1) is 7.11 Å². The van der Waals surface area contributed by atoms with Gasteiger partial charge in [-0.25, -0.2) is 0 Å². The molecule has 0 spiro atoms. The van der Waals surface area contributed by atoms with E-state index >= 15 is 0 Å². The van der Waals surface area contributed by atoms with Gasteiger partial charge in [0.1, 0.15) is 5.75 Å². The first-order chi connectivity index (χ1) is 12.3. The normalized spacial score (nSPS) is 13.6. The van der Waals surface area contributed by atoms with Crippen molar-refractivity contribution in [2.24, 2.45) is 0 Å². The van der Waals surface area contributed by atoms with Gasteiger partial charge in [0.15, 0.2) is 0 Å². The van der Waals surface area contributed by atoms with Crippen molar-refractivity contribution in [3.05, 3.63) is 89.5 Å². The maximum Gasteiger partial charge on any atom is 0.127 e. The van der Waals surface area contributed by atoms with E-state index < -0.39 is 0 Å². The van der Waals surface area contributed by atoms with Crippen molar-refractivity contribution in [1.29, 1.82) is 0 Å². The molecule has 26 heavy (non-hydrogen) atoms. The SMILES string of the molecule is COc1ccc2c(c1-c1ccccc1)CN(Cc1ccccc1)CC2.Cl. The van der Waals surface area contributed by atoms with E-state index in [0.717, 1.165) is 31.8 Å². The minimum absolute atomic E-state index is 0. The summed E-state index contributed by atoms with van der Waals surface area (Å²) in [7, 11) is 1.76. The molecule has 2 nitrogen and oxygen atoms in total. The summed E-state index contributed by atoms with van der Waals surface area (Å²) >= 11 is 0. The van der Waals surface area contributed by atoms with E-state index in [4.69, 9.17) is 4.74 Å². The lowest BCUT2D eigenvalue weighted by atomic mass is 9.90. The Morgan fingerprint density at radius 3 is 2.27 bits per heavy atom. The molecule has 1 heterocycles. The van der Waals surface area contributed by atoms with Gasteiger partial charge in [-0.15, -0.1) is 12.4 Å². The topological polar surface area (TPSA) is 12.5 Å². The highest BCUT2D eigenvalue weighted by molar-refractivity contribution is 5.85. The standard InChI is InChI=1S/C23H23NO.ClH/c1-25-22-13-12-19-14-15-24(16-18-8-4-2-5-9-18)17-21(19)23(22)20-10-6-3-7-11-20;/h2-13H,14-17H2,1H3;1H. The van der Waals surface area contributed by atoms with E-state index in [1.165, 1.54) is 27.8 Å². The number of ether oxygens (including phenoxy) is 1. The summed E-state index contributed by atoms with van der Waals surface area (Å²) in [5.41, 5.74) is 6.71. The Labute approximate surface area is 161 Å². The van der Waals surface area contributed by atoms with Crippen LogP contribution in [0.25, 0.3) is 11.1 Å². The van der Waals surface area contributed by atoms with Crippen molar-refractivity contribution < 1.29 is 4.74 Å². The molecular weight excluding hydrogens is 342 g/mol. The first-order valence-corrected chi connectivity index (χ1v) is 8.85. The second-order valence-electron chi connectivity index (χ2n) is 6.59. The van der Waals surface area contributed by atoms with Gasteiger partial charge < -0.3 is 4.74 Å². The molecule has 0 saturated heterocycles. The highest BCUT2D eigenvalue weighted by Gasteiger charge is 2.22. The molecule has 0 amide bonds. The summed E-state index contributed by atoms with van der Waals surface area (Å²) in [6.45, 7) is 3.06. The molecule has 1 aliphatic rings. The summed E-state index contributed by atoms with van der Waals surface area (Å²) in [6.07, 6.45) is 1.09. The summed E-state index contributed by atoms with van der Waals surface area (Å²) in [4.78, 5) is 2.53. The molecule has 4 rings (SSSR count). The maximum atomic E-state index is 5.70. The lowest BCUT2D eigenvalue weighted by Crippen LogP contribution is -2.30. The van der Waals surface area contributed by atoms with Gasteiger partial charge in [0.2, 0.25) is 0 Å². The quantitative estimate of drug-likeness (QED) is 0.618. The molecule has 0 aliphatic carbocycles. The predicted octanol–water partition coefficient (Wildman–Crippen LogP) is 5.34. The van der Waals surface area contributed by atoms with Crippen LogP contribution >= 0.6 is 12.4 Å². The number of hydrogen-bond donors (Lipinski definition) is 0. The zero-order valence-electron chi connectivity index (χ0n) is 15.0. The van der Waals surface area contributed by atoms with Gasteiger partial charge in [-0.05, 0) is 34.7 Å².